The summed E-state index contributed by atoms with van der Waals surface area (Å²) < 4.78 is 12.2. The summed E-state index contributed by atoms with van der Waals surface area (Å²) in [4.78, 5) is 12.1. The smallest absolute Gasteiger partial charge is 0.182 e. The molecule has 176 valence electrons. The van der Waals surface area contributed by atoms with E-state index in [0.717, 1.165) is 38.4 Å². The number of aliphatic hydroxyl groups is 1. The van der Waals surface area contributed by atoms with Crippen LogP contribution in [0.5, 0.6) is 11.5 Å². The Morgan fingerprint density at radius 1 is 0.750 bits per heavy atom. The molecule has 0 spiro atoms. The first-order valence-corrected chi connectivity index (χ1v) is 11.6. The maximum absolute atomic E-state index is 12.1. The Morgan fingerprint density at radius 3 is 2.36 bits per heavy atom. The SMILES string of the molecule is O=c1ccc2c(-c3ccccc3CO)c3ccc(OCc4cc5ccccc5cc4O)cc3oc-2c1. The molecule has 2 N–H and O–H groups in total. The number of benzene rings is 5. The van der Waals surface area contributed by atoms with Gasteiger partial charge in [-0.3, -0.25) is 4.79 Å². The highest BCUT2D eigenvalue weighted by Crippen LogP contribution is 2.42. The van der Waals surface area contributed by atoms with Crippen molar-refractivity contribution in [2.75, 3.05) is 0 Å². The zero-order valence-corrected chi connectivity index (χ0v) is 19.3. The number of phenols is 1. The van der Waals surface area contributed by atoms with Crippen LogP contribution in [0, 0.1) is 0 Å². The standard InChI is InChI=1S/C31H22O5/c32-17-21-7-3-4-8-25(21)31-26-11-9-23(33)15-29(26)36-30-16-24(10-12-27(30)31)35-18-22-13-19-5-1-2-6-20(19)14-28(22)34/h1-16,32,34H,17-18H2. The van der Waals surface area contributed by atoms with Crippen LogP contribution in [0.2, 0.25) is 0 Å². The van der Waals surface area contributed by atoms with E-state index in [4.69, 9.17) is 9.15 Å². The number of ether oxygens (including phenoxy) is 1. The number of hydrogen-bond acceptors (Lipinski definition) is 5. The summed E-state index contributed by atoms with van der Waals surface area (Å²) in [6, 6.07) is 29.5. The highest BCUT2D eigenvalue weighted by Gasteiger charge is 2.19. The highest BCUT2D eigenvalue weighted by molar-refractivity contribution is 6.02. The van der Waals surface area contributed by atoms with Gasteiger partial charge in [-0.05, 0) is 58.3 Å². The minimum Gasteiger partial charge on any atom is -0.508 e. The topological polar surface area (TPSA) is 79.9 Å². The zero-order chi connectivity index (χ0) is 24.6. The van der Waals surface area contributed by atoms with E-state index >= 15 is 0 Å². The maximum atomic E-state index is 12.1. The van der Waals surface area contributed by atoms with Crippen LogP contribution >= 0.6 is 0 Å². The highest BCUT2D eigenvalue weighted by atomic mass is 16.5. The molecule has 0 amide bonds. The molecule has 1 aliphatic carbocycles. The molecule has 0 unspecified atom stereocenters. The molecule has 0 saturated carbocycles. The van der Waals surface area contributed by atoms with Gasteiger partial charge >= 0.3 is 0 Å². The van der Waals surface area contributed by atoms with Gasteiger partial charge in [0.1, 0.15) is 29.4 Å². The van der Waals surface area contributed by atoms with E-state index in [1.807, 2.05) is 66.7 Å². The van der Waals surface area contributed by atoms with E-state index in [9.17, 15) is 15.0 Å². The van der Waals surface area contributed by atoms with Crippen molar-refractivity contribution in [3.05, 3.63) is 118 Å². The molecule has 6 rings (SSSR count). The van der Waals surface area contributed by atoms with E-state index in [-0.39, 0.29) is 24.4 Å². The quantitative estimate of drug-likeness (QED) is 0.279. The van der Waals surface area contributed by atoms with E-state index in [0.29, 0.717) is 22.7 Å². The fraction of sp³-hybridized carbons (Fsp3) is 0.0645. The second kappa shape index (κ2) is 8.87. The van der Waals surface area contributed by atoms with Crippen molar-refractivity contribution in [1.29, 1.82) is 0 Å². The van der Waals surface area contributed by atoms with Crippen LogP contribution in [0.4, 0.5) is 0 Å². The van der Waals surface area contributed by atoms with E-state index < -0.39 is 0 Å². The first kappa shape index (κ1) is 21.9. The summed E-state index contributed by atoms with van der Waals surface area (Å²) in [7, 11) is 0. The van der Waals surface area contributed by atoms with Crippen molar-refractivity contribution in [3.8, 4) is 33.9 Å². The molecule has 36 heavy (non-hydrogen) atoms. The van der Waals surface area contributed by atoms with Gasteiger partial charge in [-0.25, -0.2) is 0 Å². The fourth-order valence-electron chi connectivity index (χ4n) is 4.68. The first-order chi connectivity index (χ1) is 17.6. The number of fused-ring (bicyclic) bond motifs is 3. The number of hydrogen-bond donors (Lipinski definition) is 2. The lowest BCUT2D eigenvalue weighted by Gasteiger charge is -2.17. The largest absolute Gasteiger partial charge is 0.508 e. The van der Waals surface area contributed by atoms with Gasteiger partial charge in [0, 0.05) is 34.2 Å². The van der Waals surface area contributed by atoms with Crippen LogP contribution in [-0.4, -0.2) is 10.2 Å². The average molecular weight is 475 g/mol. The monoisotopic (exact) mass is 474 g/mol. The minimum atomic E-state index is -0.147. The molecule has 4 aromatic rings. The first-order valence-electron chi connectivity index (χ1n) is 11.6. The molecule has 4 aromatic carbocycles. The Balaban J connectivity index is 1.45. The van der Waals surface area contributed by atoms with Crippen molar-refractivity contribution in [3.63, 3.8) is 0 Å². The molecule has 5 nitrogen and oxygen atoms in total. The van der Waals surface area contributed by atoms with Crippen molar-refractivity contribution >= 4 is 21.7 Å². The van der Waals surface area contributed by atoms with E-state index in [2.05, 4.69) is 0 Å². The van der Waals surface area contributed by atoms with Gasteiger partial charge in [-0.1, -0.05) is 48.5 Å². The van der Waals surface area contributed by atoms with Crippen molar-refractivity contribution in [2.45, 2.75) is 13.2 Å². The number of aliphatic hydroxyl groups excluding tert-OH is 1. The van der Waals surface area contributed by atoms with Crippen molar-refractivity contribution in [1.82, 2.24) is 0 Å². The van der Waals surface area contributed by atoms with Gasteiger partial charge in [0.2, 0.25) is 0 Å². The lowest BCUT2D eigenvalue weighted by Crippen LogP contribution is -2.01. The summed E-state index contributed by atoms with van der Waals surface area (Å²) in [5.74, 6) is 1.20. The van der Waals surface area contributed by atoms with Crippen LogP contribution in [0.3, 0.4) is 0 Å². The van der Waals surface area contributed by atoms with Crippen LogP contribution in [0.15, 0.2) is 106 Å². The Labute approximate surface area is 206 Å². The number of aromatic hydroxyl groups is 1. The Morgan fingerprint density at radius 2 is 1.53 bits per heavy atom. The molecular weight excluding hydrogens is 452 g/mol. The second-order valence-electron chi connectivity index (χ2n) is 8.73. The van der Waals surface area contributed by atoms with Crippen LogP contribution < -0.4 is 10.2 Å². The summed E-state index contributed by atoms with van der Waals surface area (Å²) >= 11 is 0. The van der Waals surface area contributed by atoms with Gasteiger partial charge < -0.3 is 19.4 Å². The van der Waals surface area contributed by atoms with Crippen LogP contribution in [0.25, 0.3) is 44.2 Å². The summed E-state index contributed by atoms with van der Waals surface area (Å²) in [6.07, 6.45) is 0. The van der Waals surface area contributed by atoms with Gasteiger partial charge in [0.05, 0.1) is 6.61 Å². The molecule has 0 saturated heterocycles. The molecule has 1 heterocycles. The molecular formula is C31H22O5. The third kappa shape index (κ3) is 3.85. The Kier molecular flexibility index (Phi) is 5.40. The van der Waals surface area contributed by atoms with Crippen molar-refractivity contribution in [2.24, 2.45) is 0 Å². The molecule has 1 aliphatic heterocycles. The lowest BCUT2D eigenvalue weighted by molar-refractivity contribution is 0.282. The third-order valence-electron chi connectivity index (χ3n) is 6.46. The summed E-state index contributed by atoms with van der Waals surface area (Å²) in [5, 5.41) is 23.3. The van der Waals surface area contributed by atoms with E-state index in [1.165, 1.54) is 12.1 Å². The zero-order valence-electron chi connectivity index (χ0n) is 19.3. The molecule has 0 bridgehead atoms. The molecule has 0 aromatic heterocycles. The Bertz CT molecular complexity index is 1770. The molecule has 0 radical (unpaired) electrons. The maximum Gasteiger partial charge on any atom is 0.182 e. The minimum absolute atomic E-state index is 0.110. The van der Waals surface area contributed by atoms with Crippen LogP contribution in [0.1, 0.15) is 11.1 Å². The predicted octanol–water partition coefficient (Wildman–Crippen LogP) is 6.49. The van der Waals surface area contributed by atoms with Crippen LogP contribution in [-0.2, 0) is 13.2 Å². The lowest BCUT2D eigenvalue weighted by atomic mass is 9.91. The normalized spacial score (nSPS) is 11.4. The molecule has 0 atom stereocenters. The predicted molar refractivity (Wildman–Crippen MR) is 140 cm³/mol. The molecule has 2 aliphatic rings. The fourth-order valence-corrected chi connectivity index (χ4v) is 4.68. The van der Waals surface area contributed by atoms with Gasteiger partial charge in [0.25, 0.3) is 0 Å². The summed E-state index contributed by atoms with van der Waals surface area (Å²) in [5.41, 5.74) is 4.41. The second-order valence-corrected chi connectivity index (χ2v) is 8.73. The third-order valence-corrected chi connectivity index (χ3v) is 6.46. The van der Waals surface area contributed by atoms with Gasteiger partial charge in [0.15, 0.2) is 5.43 Å². The number of phenolic OH excluding ortho intramolecular Hbond substituents is 1. The van der Waals surface area contributed by atoms with Gasteiger partial charge in [-0.15, -0.1) is 0 Å². The Hall–Kier alpha value is -4.61. The van der Waals surface area contributed by atoms with Gasteiger partial charge in [-0.2, -0.15) is 0 Å². The average Bonchev–Trinajstić information content (AvgIpc) is 2.90. The van der Waals surface area contributed by atoms with Crippen molar-refractivity contribution < 1.29 is 19.4 Å². The molecule has 0 fully saturated rings. The summed E-state index contributed by atoms with van der Waals surface area (Å²) in [6.45, 7) is 0.0714. The molecule has 5 heteroatoms. The van der Waals surface area contributed by atoms with E-state index in [1.54, 1.807) is 18.2 Å². The number of rotatable bonds is 5.